The van der Waals surface area contributed by atoms with Crippen molar-refractivity contribution >= 4 is 23.8 Å². The Balaban J connectivity index is 4.67. The van der Waals surface area contributed by atoms with Gasteiger partial charge in [-0.05, 0) is 0 Å². The molecule has 2 amide bonds. The minimum Gasteiger partial charge on any atom is -0.468 e. The van der Waals surface area contributed by atoms with Crippen LogP contribution in [0.3, 0.4) is 0 Å². The molecule has 0 radical (unpaired) electrons. The molecule has 0 aromatic heterocycles. The smallest absolute Gasteiger partial charge is 0.325 e. The lowest BCUT2D eigenvalue weighted by Gasteiger charge is -2.22. The third-order valence-corrected chi connectivity index (χ3v) is 2.53. The van der Waals surface area contributed by atoms with Crippen molar-refractivity contribution < 1.29 is 28.7 Å². The summed E-state index contributed by atoms with van der Waals surface area (Å²) in [7, 11) is 2.34. The first kappa shape index (κ1) is 18.9. The van der Waals surface area contributed by atoms with Gasteiger partial charge in [-0.1, -0.05) is 20.8 Å². The van der Waals surface area contributed by atoms with Gasteiger partial charge in [0.15, 0.2) is 0 Å². The lowest BCUT2D eigenvalue weighted by atomic mass is 9.96. The monoisotopic (exact) mass is 302 g/mol. The Hall–Kier alpha value is -2.12. The summed E-state index contributed by atoms with van der Waals surface area (Å²) >= 11 is 0. The Bertz CT molecular complexity index is 395. The number of hydrogen-bond donors (Lipinski definition) is 1. The standard InChI is InChI=1S/C13H22N2O6/c1-13(2,3)12(19)14-6-9(16)15(7-10(17)20-4)8-11(18)21-5/h6-8H2,1-5H3,(H,14,19). The normalized spacial score (nSPS) is 10.5. The second-order valence-electron chi connectivity index (χ2n) is 5.33. The number of ether oxygens (including phenoxy) is 2. The first-order chi connectivity index (χ1) is 9.61. The van der Waals surface area contributed by atoms with E-state index in [1.807, 2.05) is 0 Å². The SMILES string of the molecule is COC(=O)CN(CC(=O)OC)C(=O)CNC(=O)C(C)(C)C. The van der Waals surface area contributed by atoms with Gasteiger partial charge in [0.25, 0.3) is 0 Å². The predicted octanol–water partition coefficient (Wildman–Crippen LogP) is -0.677. The van der Waals surface area contributed by atoms with Crippen LogP contribution in [0, 0.1) is 5.41 Å². The Kier molecular flexibility index (Phi) is 7.40. The van der Waals surface area contributed by atoms with Crippen LogP contribution >= 0.6 is 0 Å². The summed E-state index contributed by atoms with van der Waals surface area (Å²) in [5, 5.41) is 2.45. The summed E-state index contributed by atoms with van der Waals surface area (Å²) in [6, 6.07) is 0. The van der Waals surface area contributed by atoms with E-state index in [9.17, 15) is 19.2 Å². The summed E-state index contributed by atoms with van der Waals surface area (Å²) < 4.78 is 8.91. The minimum atomic E-state index is -0.672. The zero-order valence-electron chi connectivity index (χ0n) is 13.0. The Morgan fingerprint density at radius 2 is 1.38 bits per heavy atom. The van der Waals surface area contributed by atoms with Crippen LogP contribution in [-0.4, -0.2) is 62.5 Å². The molecule has 120 valence electrons. The summed E-state index contributed by atoms with van der Waals surface area (Å²) in [6.07, 6.45) is 0. The molecule has 21 heavy (non-hydrogen) atoms. The topological polar surface area (TPSA) is 102 Å². The average Bonchev–Trinajstić information content (AvgIpc) is 2.41. The molecule has 0 spiro atoms. The summed E-state index contributed by atoms with van der Waals surface area (Å²) in [6.45, 7) is 4.00. The molecule has 0 aliphatic heterocycles. The van der Waals surface area contributed by atoms with Crippen molar-refractivity contribution in [3.8, 4) is 0 Å². The van der Waals surface area contributed by atoms with Gasteiger partial charge in [-0.2, -0.15) is 0 Å². The van der Waals surface area contributed by atoms with Crippen molar-refractivity contribution in [2.24, 2.45) is 5.41 Å². The molecule has 0 saturated heterocycles. The Morgan fingerprint density at radius 3 is 1.71 bits per heavy atom. The lowest BCUT2D eigenvalue weighted by Crippen LogP contribution is -2.47. The van der Waals surface area contributed by atoms with Crippen molar-refractivity contribution in [2.45, 2.75) is 20.8 Å². The van der Waals surface area contributed by atoms with Crippen molar-refractivity contribution in [1.82, 2.24) is 10.2 Å². The maximum absolute atomic E-state index is 12.0. The van der Waals surface area contributed by atoms with Crippen molar-refractivity contribution in [1.29, 1.82) is 0 Å². The number of carbonyl (C=O) groups excluding carboxylic acids is 4. The molecule has 0 aromatic carbocycles. The highest BCUT2D eigenvalue weighted by molar-refractivity contribution is 5.90. The molecular weight excluding hydrogens is 280 g/mol. The van der Waals surface area contributed by atoms with Gasteiger partial charge in [-0.15, -0.1) is 0 Å². The molecule has 1 N–H and O–H groups in total. The molecule has 0 rings (SSSR count). The fraction of sp³-hybridized carbons (Fsp3) is 0.692. The van der Waals surface area contributed by atoms with Crippen LogP contribution in [0.1, 0.15) is 20.8 Å². The van der Waals surface area contributed by atoms with E-state index in [0.717, 1.165) is 4.90 Å². The summed E-state index contributed by atoms with van der Waals surface area (Å²) in [5.74, 6) is -2.24. The van der Waals surface area contributed by atoms with Gasteiger partial charge in [-0.25, -0.2) is 0 Å². The van der Waals surface area contributed by atoms with Gasteiger partial charge in [0.2, 0.25) is 11.8 Å². The Morgan fingerprint density at radius 1 is 0.952 bits per heavy atom. The van der Waals surface area contributed by atoms with E-state index in [1.54, 1.807) is 20.8 Å². The molecule has 0 heterocycles. The van der Waals surface area contributed by atoms with Gasteiger partial charge < -0.3 is 19.7 Å². The molecule has 0 saturated carbocycles. The van der Waals surface area contributed by atoms with E-state index in [-0.39, 0.29) is 12.5 Å². The quantitative estimate of drug-likeness (QED) is 0.652. The van der Waals surface area contributed by atoms with E-state index in [0.29, 0.717) is 0 Å². The molecule has 0 aliphatic carbocycles. The Labute approximate surface area is 123 Å². The number of nitrogens with one attached hydrogen (secondary N) is 1. The average molecular weight is 302 g/mol. The molecule has 8 heteroatoms. The van der Waals surface area contributed by atoms with E-state index in [4.69, 9.17) is 0 Å². The second kappa shape index (κ2) is 8.23. The number of amides is 2. The van der Waals surface area contributed by atoms with Crippen LogP contribution in [-0.2, 0) is 28.7 Å². The number of carbonyl (C=O) groups is 4. The highest BCUT2D eigenvalue weighted by Gasteiger charge is 2.24. The molecule has 0 unspecified atom stereocenters. The summed E-state index contributed by atoms with van der Waals surface area (Å²) in [5.41, 5.74) is -0.643. The zero-order valence-corrected chi connectivity index (χ0v) is 13.0. The highest BCUT2D eigenvalue weighted by Crippen LogP contribution is 2.12. The molecule has 0 fully saturated rings. The fourth-order valence-electron chi connectivity index (χ4n) is 1.21. The first-order valence-electron chi connectivity index (χ1n) is 6.31. The molecule has 0 aromatic rings. The number of nitrogens with zero attached hydrogens (tertiary/aromatic N) is 1. The van der Waals surface area contributed by atoms with E-state index in [1.165, 1.54) is 14.2 Å². The maximum atomic E-state index is 12.0. The van der Waals surface area contributed by atoms with Crippen LogP contribution in [0.15, 0.2) is 0 Å². The largest absolute Gasteiger partial charge is 0.468 e. The van der Waals surface area contributed by atoms with Crippen molar-refractivity contribution in [3.63, 3.8) is 0 Å². The number of hydrogen-bond acceptors (Lipinski definition) is 6. The lowest BCUT2D eigenvalue weighted by molar-refractivity contribution is -0.151. The molecule has 0 aliphatic rings. The van der Waals surface area contributed by atoms with Crippen LogP contribution in [0.25, 0.3) is 0 Å². The molecular formula is C13H22N2O6. The zero-order chi connectivity index (χ0) is 16.6. The van der Waals surface area contributed by atoms with Crippen molar-refractivity contribution in [3.05, 3.63) is 0 Å². The third kappa shape index (κ3) is 7.28. The highest BCUT2D eigenvalue weighted by atomic mass is 16.5. The van der Waals surface area contributed by atoms with Gasteiger partial charge in [0.05, 0.1) is 20.8 Å². The minimum absolute atomic E-state index is 0.313. The van der Waals surface area contributed by atoms with Gasteiger partial charge in [0.1, 0.15) is 13.1 Å². The summed E-state index contributed by atoms with van der Waals surface area (Å²) in [4.78, 5) is 47.1. The van der Waals surface area contributed by atoms with Crippen LogP contribution in [0.4, 0.5) is 0 Å². The van der Waals surface area contributed by atoms with Crippen molar-refractivity contribution in [2.75, 3.05) is 33.9 Å². The number of rotatable bonds is 6. The van der Waals surface area contributed by atoms with E-state index in [2.05, 4.69) is 14.8 Å². The number of esters is 2. The van der Waals surface area contributed by atoms with Crippen LogP contribution in [0.2, 0.25) is 0 Å². The van der Waals surface area contributed by atoms with Crippen LogP contribution < -0.4 is 5.32 Å². The third-order valence-electron chi connectivity index (χ3n) is 2.53. The molecule has 0 bridgehead atoms. The second-order valence-corrected chi connectivity index (χ2v) is 5.33. The van der Waals surface area contributed by atoms with E-state index >= 15 is 0 Å². The molecule has 8 nitrogen and oxygen atoms in total. The van der Waals surface area contributed by atoms with Gasteiger partial charge in [0, 0.05) is 5.41 Å². The fourth-order valence-corrected chi connectivity index (χ4v) is 1.21. The first-order valence-corrected chi connectivity index (χ1v) is 6.31. The van der Waals surface area contributed by atoms with Gasteiger partial charge >= 0.3 is 11.9 Å². The molecule has 0 atom stereocenters. The predicted molar refractivity (Wildman–Crippen MR) is 73.1 cm³/mol. The maximum Gasteiger partial charge on any atom is 0.325 e. The van der Waals surface area contributed by atoms with Crippen LogP contribution in [0.5, 0.6) is 0 Å². The van der Waals surface area contributed by atoms with Gasteiger partial charge in [-0.3, -0.25) is 19.2 Å². The van der Waals surface area contributed by atoms with E-state index < -0.39 is 36.4 Å². The number of methoxy groups -OCH3 is 2.